The first-order valence-corrected chi connectivity index (χ1v) is 6.36. The maximum absolute atomic E-state index is 6.14. The molecule has 1 aromatic heterocycles. The van der Waals surface area contributed by atoms with E-state index in [1.165, 1.54) is 12.8 Å². The monoisotopic (exact) mass is 226 g/mol. The molecule has 1 fully saturated rings. The van der Waals surface area contributed by atoms with Gasteiger partial charge in [-0.3, -0.25) is 0 Å². The summed E-state index contributed by atoms with van der Waals surface area (Å²) in [5.74, 6) is 2.94. The lowest BCUT2D eigenvalue weighted by Gasteiger charge is -2.09. The van der Waals surface area contributed by atoms with Gasteiger partial charge < -0.3 is 0 Å². The minimum atomic E-state index is 0.228. The number of halogens is 1. The smallest absolute Gasteiger partial charge is 0.137 e. The van der Waals surface area contributed by atoms with Crippen LogP contribution in [0.4, 0.5) is 0 Å². The van der Waals surface area contributed by atoms with Crippen LogP contribution in [-0.2, 0) is 16.9 Å². The fourth-order valence-corrected chi connectivity index (χ4v) is 3.07. The Balaban J connectivity index is 2.12. The molecule has 4 heteroatoms. The standard InChI is InChI=1S/C10H11ClN2S/c1-10(2-3-10)9-12-7-5-14-4-6(7)8(11)13-9/h2-5H2,1H3. The molecule has 1 saturated carbocycles. The lowest BCUT2D eigenvalue weighted by molar-refractivity contribution is 0.700. The van der Waals surface area contributed by atoms with Crippen molar-refractivity contribution in [1.29, 1.82) is 0 Å². The second kappa shape index (κ2) is 2.86. The molecule has 0 aromatic carbocycles. The third kappa shape index (κ3) is 1.26. The van der Waals surface area contributed by atoms with Gasteiger partial charge in [0.25, 0.3) is 0 Å². The van der Waals surface area contributed by atoms with Crippen LogP contribution in [0.25, 0.3) is 0 Å². The molecular weight excluding hydrogens is 216 g/mol. The zero-order valence-electron chi connectivity index (χ0n) is 8.01. The zero-order valence-corrected chi connectivity index (χ0v) is 9.58. The molecule has 0 spiro atoms. The maximum atomic E-state index is 6.14. The first kappa shape index (κ1) is 8.98. The van der Waals surface area contributed by atoms with Gasteiger partial charge in [0.2, 0.25) is 0 Å². The summed E-state index contributed by atoms with van der Waals surface area (Å²) >= 11 is 8.01. The van der Waals surface area contributed by atoms with Crippen molar-refractivity contribution in [2.24, 2.45) is 0 Å². The van der Waals surface area contributed by atoms with E-state index in [4.69, 9.17) is 11.6 Å². The molecule has 3 rings (SSSR count). The number of fused-ring (bicyclic) bond motifs is 1. The predicted molar refractivity (Wildman–Crippen MR) is 58.6 cm³/mol. The van der Waals surface area contributed by atoms with Crippen LogP contribution in [-0.4, -0.2) is 9.97 Å². The average molecular weight is 227 g/mol. The minimum Gasteiger partial charge on any atom is -0.236 e. The summed E-state index contributed by atoms with van der Waals surface area (Å²) in [6, 6.07) is 0. The second-order valence-electron chi connectivity index (χ2n) is 4.32. The molecule has 1 aliphatic heterocycles. The molecule has 0 bridgehead atoms. The van der Waals surface area contributed by atoms with E-state index in [0.717, 1.165) is 28.6 Å². The van der Waals surface area contributed by atoms with Gasteiger partial charge in [0.15, 0.2) is 0 Å². The van der Waals surface area contributed by atoms with Crippen LogP contribution in [0.15, 0.2) is 0 Å². The highest BCUT2D eigenvalue weighted by Gasteiger charge is 2.42. The Hall–Kier alpha value is -0.280. The Labute approximate surface area is 92.5 Å². The average Bonchev–Trinajstić information content (AvgIpc) is 2.75. The van der Waals surface area contributed by atoms with Crippen molar-refractivity contribution in [2.45, 2.75) is 36.7 Å². The SMILES string of the molecule is CC1(c2nc(Cl)c3c(n2)CSC3)CC1. The lowest BCUT2D eigenvalue weighted by atomic mass is 10.1. The summed E-state index contributed by atoms with van der Waals surface area (Å²) in [6.45, 7) is 2.22. The summed E-state index contributed by atoms with van der Waals surface area (Å²) < 4.78 is 0. The summed E-state index contributed by atoms with van der Waals surface area (Å²) in [5.41, 5.74) is 2.55. The van der Waals surface area contributed by atoms with E-state index in [-0.39, 0.29) is 5.41 Å². The Morgan fingerprint density at radius 1 is 1.29 bits per heavy atom. The van der Waals surface area contributed by atoms with Crippen LogP contribution in [0.5, 0.6) is 0 Å². The third-order valence-corrected chi connectivity index (χ3v) is 4.35. The molecule has 0 amide bonds. The fourth-order valence-electron chi connectivity index (χ4n) is 1.69. The van der Waals surface area contributed by atoms with Crippen molar-refractivity contribution in [3.05, 3.63) is 22.2 Å². The highest BCUT2D eigenvalue weighted by atomic mass is 35.5. The number of aromatic nitrogens is 2. The third-order valence-electron chi connectivity index (χ3n) is 3.07. The Kier molecular flexibility index (Phi) is 1.83. The van der Waals surface area contributed by atoms with E-state index in [0.29, 0.717) is 5.15 Å². The number of hydrogen-bond acceptors (Lipinski definition) is 3. The minimum absolute atomic E-state index is 0.228. The van der Waals surface area contributed by atoms with Crippen molar-refractivity contribution in [3.63, 3.8) is 0 Å². The van der Waals surface area contributed by atoms with Crippen molar-refractivity contribution in [1.82, 2.24) is 9.97 Å². The molecule has 14 heavy (non-hydrogen) atoms. The van der Waals surface area contributed by atoms with Crippen molar-refractivity contribution < 1.29 is 0 Å². The molecule has 0 radical (unpaired) electrons. The van der Waals surface area contributed by atoms with Gasteiger partial charge in [0.05, 0.1) is 5.69 Å². The summed E-state index contributed by atoms with van der Waals surface area (Å²) in [6.07, 6.45) is 2.41. The van der Waals surface area contributed by atoms with Crippen LogP contribution in [0.3, 0.4) is 0 Å². The van der Waals surface area contributed by atoms with Gasteiger partial charge in [-0.1, -0.05) is 18.5 Å². The van der Waals surface area contributed by atoms with Gasteiger partial charge in [-0.05, 0) is 12.8 Å². The molecule has 74 valence electrons. The van der Waals surface area contributed by atoms with Crippen LogP contribution in [0, 0.1) is 0 Å². The molecule has 2 heterocycles. The molecule has 2 aliphatic rings. The van der Waals surface area contributed by atoms with Gasteiger partial charge >= 0.3 is 0 Å². The lowest BCUT2D eigenvalue weighted by Crippen LogP contribution is -2.09. The number of thioether (sulfide) groups is 1. The van der Waals surface area contributed by atoms with E-state index < -0.39 is 0 Å². The fraction of sp³-hybridized carbons (Fsp3) is 0.600. The normalized spacial score (nSPS) is 22.1. The summed E-state index contributed by atoms with van der Waals surface area (Å²) in [7, 11) is 0. The van der Waals surface area contributed by atoms with Crippen molar-refractivity contribution >= 4 is 23.4 Å². The zero-order chi connectivity index (χ0) is 9.76. The van der Waals surface area contributed by atoms with Gasteiger partial charge in [-0.25, -0.2) is 9.97 Å². The topological polar surface area (TPSA) is 25.8 Å². The quantitative estimate of drug-likeness (QED) is 0.689. The van der Waals surface area contributed by atoms with E-state index in [2.05, 4.69) is 16.9 Å². The van der Waals surface area contributed by atoms with Gasteiger partial charge in [0.1, 0.15) is 11.0 Å². The van der Waals surface area contributed by atoms with Gasteiger partial charge in [-0.15, -0.1) is 0 Å². The molecule has 0 unspecified atom stereocenters. The van der Waals surface area contributed by atoms with E-state index in [1.54, 1.807) is 0 Å². The number of hydrogen-bond donors (Lipinski definition) is 0. The highest BCUT2D eigenvalue weighted by molar-refractivity contribution is 7.98. The Bertz CT molecular complexity index is 401. The molecule has 0 atom stereocenters. The summed E-state index contributed by atoms with van der Waals surface area (Å²) in [5, 5.41) is 0.683. The molecule has 0 N–H and O–H groups in total. The second-order valence-corrected chi connectivity index (χ2v) is 5.66. The number of nitrogens with zero attached hydrogens (tertiary/aromatic N) is 2. The summed E-state index contributed by atoms with van der Waals surface area (Å²) in [4.78, 5) is 9.05. The predicted octanol–water partition coefficient (Wildman–Crippen LogP) is 2.93. The van der Waals surface area contributed by atoms with E-state index in [9.17, 15) is 0 Å². The van der Waals surface area contributed by atoms with Crippen LogP contribution in [0.1, 0.15) is 36.8 Å². The maximum Gasteiger partial charge on any atom is 0.137 e. The molecule has 0 saturated heterocycles. The Morgan fingerprint density at radius 2 is 2.07 bits per heavy atom. The number of rotatable bonds is 1. The largest absolute Gasteiger partial charge is 0.236 e. The van der Waals surface area contributed by atoms with Crippen molar-refractivity contribution in [2.75, 3.05) is 0 Å². The van der Waals surface area contributed by atoms with Crippen LogP contribution >= 0.6 is 23.4 Å². The van der Waals surface area contributed by atoms with E-state index >= 15 is 0 Å². The van der Waals surface area contributed by atoms with Crippen molar-refractivity contribution in [3.8, 4) is 0 Å². The van der Waals surface area contributed by atoms with Crippen LogP contribution in [0.2, 0.25) is 5.15 Å². The first-order chi connectivity index (χ1) is 6.69. The molecular formula is C10H11ClN2S. The molecule has 1 aromatic rings. The molecule has 2 nitrogen and oxygen atoms in total. The van der Waals surface area contributed by atoms with Gasteiger partial charge in [0, 0.05) is 22.5 Å². The van der Waals surface area contributed by atoms with Crippen LogP contribution < -0.4 is 0 Å². The van der Waals surface area contributed by atoms with Gasteiger partial charge in [-0.2, -0.15) is 11.8 Å². The Morgan fingerprint density at radius 3 is 2.79 bits per heavy atom. The highest BCUT2D eigenvalue weighted by Crippen LogP contribution is 2.47. The molecule has 1 aliphatic carbocycles. The first-order valence-electron chi connectivity index (χ1n) is 4.82. The van der Waals surface area contributed by atoms with E-state index in [1.807, 2.05) is 11.8 Å².